The lowest BCUT2D eigenvalue weighted by Gasteiger charge is -2.12. The molecular weight excluding hydrogens is 330 g/mol. The van der Waals surface area contributed by atoms with E-state index in [4.69, 9.17) is 4.74 Å². The first-order valence-electron chi connectivity index (χ1n) is 8.47. The Balaban J connectivity index is 2.00. The predicted molar refractivity (Wildman–Crippen MR) is 101 cm³/mol. The monoisotopic (exact) mass is 351 g/mol. The van der Waals surface area contributed by atoms with Gasteiger partial charge in [0.1, 0.15) is 0 Å². The van der Waals surface area contributed by atoms with Crippen molar-refractivity contribution >= 4 is 16.7 Å². The molecule has 2 aromatic carbocycles. The lowest BCUT2D eigenvalue weighted by molar-refractivity contribution is 0.0487. The number of para-hydroxylation sites is 1. The molecule has 134 valence electrons. The maximum absolute atomic E-state index is 12.8. The summed E-state index contributed by atoms with van der Waals surface area (Å²) in [5.41, 5.74) is 0.481. The molecule has 0 bridgehead atoms. The van der Waals surface area contributed by atoms with Crippen LogP contribution in [0.1, 0.15) is 16.9 Å². The zero-order chi connectivity index (χ0) is 18.5. The molecule has 0 aliphatic rings. The molecular formula is C20H21N3O3. The summed E-state index contributed by atoms with van der Waals surface area (Å²) < 4.78 is 6.62. The van der Waals surface area contributed by atoms with E-state index in [0.717, 1.165) is 13.0 Å². The number of ether oxygens (including phenoxy) is 1. The zero-order valence-corrected chi connectivity index (χ0v) is 14.9. The van der Waals surface area contributed by atoms with Crippen LogP contribution in [-0.4, -0.2) is 47.9 Å². The van der Waals surface area contributed by atoms with Crippen LogP contribution in [0.5, 0.6) is 0 Å². The summed E-state index contributed by atoms with van der Waals surface area (Å²) in [7, 11) is 3.93. The number of fused-ring (bicyclic) bond motifs is 1. The number of carbonyl (C=O) groups excluding carboxylic acids is 1. The van der Waals surface area contributed by atoms with Crippen molar-refractivity contribution in [1.29, 1.82) is 0 Å². The molecule has 0 fully saturated rings. The van der Waals surface area contributed by atoms with Crippen LogP contribution in [0.3, 0.4) is 0 Å². The molecule has 0 aliphatic carbocycles. The Kier molecular flexibility index (Phi) is 5.43. The Morgan fingerprint density at radius 2 is 1.69 bits per heavy atom. The Morgan fingerprint density at radius 3 is 2.38 bits per heavy atom. The summed E-state index contributed by atoms with van der Waals surface area (Å²) in [5, 5.41) is 5.24. The van der Waals surface area contributed by atoms with Crippen molar-refractivity contribution in [2.45, 2.75) is 6.42 Å². The van der Waals surface area contributed by atoms with Gasteiger partial charge < -0.3 is 9.64 Å². The van der Waals surface area contributed by atoms with E-state index < -0.39 is 5.97 Å². The quantitative estimate of drug-likeness (QED) is 0.504. The fraction of sp³-hybridized carbons (Fsp3) is 0.250. The van der Waals surface area contributed by atoms with Gasteiger partial charge in [0.2, 0.25) is 0 Å². The number of hydrogen-bond donors (Lipinski definition) is 0. The third-order valence-corrected chi connectivity index (χ3v) is 3.98. The fourth-order valence-corrected chi connectivity index (χ4v) is 2.70. The van der Waals surface area contributed by atoms with Crippen molar-refractivity contribution in [3.05, 3.63) is 70.6 Å². The SMILES string of the molecule is CN(C)CCCOC(=O)c1nn(-c2ccccc2)c(=O)c2ccccc12. The van der Waals surface area contributed by atoms with Crippen LogP contribution in [0.25, 0.3) is 16.5 Å². The number of esters is 1. The maximum Gasteiger partial charge on any atom is 0.359 e. The highest BCUT2D eigenvalue weighted by Crippen LogP contribution is 2.16. The Hall–Kier alpha value is -2.99. The molecule has 1 heterocycles. The van der Waals surface area contributed by atoms with Crippen molar-refractivity contribution in [3.63, 3.8) is 0 Å². The summed E-state index contributed by atoms with van der Waals surface area (Å²) in [6.45, 7) is 1.13. The van der Waals surface area contributed by atoms with Crippen molar-refractivity contribution in [2.24, 2.45) is 0 Å². The van der Waals surface area contributed by atoms with E-state index in [1.807, 2.05) is 37.2 Å². The standard InChI is InChI=1S/C20H21N3O3/c1-22(2)13-8-14-26-20(25)18-16-11-6-7-12-17(16)19(24)23(21-18)15-9-4-3-5-10-15/h3-7,9-12H,8,13-14H2,1-2H3. The number of carbonyl (C=O) groups is 1. The van der Waals surface area contributed by atoms with Crippen LogP contribution in [0.4, 0.5) is 0 Å². The first kappa shape index (κ1) is 17.8. The highest BCUT2D eigenvalue weighted by Gasteiger charge is 2.18. The zero-order valence-electron chi connectivity index (χ0n) is 14.9. The Labute approximate surface area is 151 Å². The molecule has 0 saturated carbocycles. The molecule has 0 amide bonds. The summed E-state index contributed by atoms with van der Waals surface area (Å²) in [6, 6.07) is 16.0. The third kappa shape index (κ3) is 3.81. The predicted octanol–water partition coefficient (Wildman–Crippen LogP) is 2.49. The van der Waals surface area contributed by atoms with Crippen LogP contribution in [0, 0.1) is 0 Å². The van der Waals surface area contributed by atoms with E-state index >= 15 is 0 Å². The van der Waals surface area contributed by atoms with E-state index in [0.29, 0.717) is 23.1 Å². The minimum Gasteiger partial charge on any atom is -0.461 e. The van der Waals surface area contributed by atoms with Gasteiger partial charge in [-0.1, -0.05) is 36.4 Å². The van der Waals surface area contributed by atoms with Gasteiger partial charge in [-0.2, -0.15) is 9.78 Å². The molecule has 0 saturated heterocycles. The van der Waals surface area contributed by atoms with E-state index in [-0.39, 0.29) is 11.3 Å². The minimum absolute atomic E-state index is 0.147. The molecule has 3 aromatic rings. The average molecular weight is 351 g/mol. The molecule has 0 N–H and O–H groups in total. The van der Waals surface area contributed by atoms with E-state index in [1.54, 1.807) is 36.4 Å². The summed E-state index contributed by atoms with van der Waals surface area (Å²) >= 11 is 0. The molecule has 0 unspecified atom stereocenters. The Morgan fingerprint density at radius 1 is 1.04 bits per heavy atom. The molecule has 3 rings (SSSR count). The van der Waals surface area contributed by atoms with Gasteiger partial charge in [0.05, 0.1) is 17.7 Å². The largest absolute Gasteiger partial charge is 0.461 e. The second kappa shape index (κ2) is 7.93. The minimum atomic E-state index is -0.523. The molecule has 1 aromatic heterocycles. The highest BCUT2D eigenvalue weighted by molar-refractivity contribution is 6.02. The number of benzene rings is 2. The van der Waals surface area contributed by atoms with Gasteiger partial charge in [-0.3, -0.25) is 4.79 Å². The van der Waals surface area contributed by atoms with Crippen molar-refractivity contribution in [2.75, 3.05) is 27.2 Å². The van der Waals surface area contributed by atoms with Crippen LogP contribution in [0.15, 0.2) is 59.4 Å². The second-order valence-electron chi connectivity index (χ2n) is 6.24. The van der Waals surface area contributed by atoms with Gasteiger partial charge in [-0.15, -0.1) is 0 Å². The van der Waals surface area contributed by atoms with Crippen molar-refractivity contribution in [1.82, 2.24) is 14.7 Å². The van der Waals surface area contributed by atoms with Gasteiger partial charge in [0.15, 0.2) is 5.69 Å². The third-order valence-electron chi connectivity index (χ3n) is 3.98. The summed E-state index contributed by atoms with van der Waals surface area (Å²) in [4.78, 5) is 27.4. The topological polar surface area (TPSA) is 64.4 Å². The summed E-state index contributed by atoms with van der Waals surface area (Å²) in [5.74, 6) is -0.523. The number of hydrogen-bond acceptors (Lipinski definition) is 5. The molecule has 26 heavy (non-hydrogen) atoms. The van der Waals surface area contributed by atoms with Crippen LogP contribution < -0.4 is 5.56 Å². The normalized spacial score (nSPS) is 11.0. The van der Waals surface area contributed by atoms with Crippen molar-refractivity contribution < 1.29 is 9.53 Å². The van der Waals surface area contributed by atoms with Gasteiger partial charge in [0, 0.05) is 11.9 Å². The van der Waals surface area contributed by atoms with Crippen molar-refractivity contribution in [3.8, 4) is 5.69 Å². The molecule has 6 heteroatoms. The first-order chi connectivity index (χ1) is 12.6. The number of aromatic nitrogens is 2. The fourth-order valence-electron chi connectivity index (χ4n) is 2.70. The second-order valence-corrected chi connectivity index (χ2v) is 6.24. The van der Waals surface area contributed by atoms with Crippen LogP contribution in [0.2, 0.25) is 0 Å². The smallest absolute Gasteiger partial charge is 0.359 e. The number of nitrogens with zero attached hydrogens (tertiary/aromatic N) is 3. The highest BCUT2D eigenvalue weighted by atomic mass is 16.5. The molecule has 0 atom stereocenters. The Bertz CT molecular complexity index is 965. The van der Waals surface area contributed by atoms with Gasteiger partial charge in [-0.05, 0) is 38.7 Å². The molecule has 0 spiro atoms. The lowest BCUT2D eigenvalue weighted by Crippen LogP contribution is -2.25. The van der Waals surface area contributed by atoms with E-state index in [1.165, 1.54) is 4.68 Å². The van der Waals surface area contributed by atoms with Crippen LogP contribution in [-0.2, 0) is 4.74 Å². The number of rotatable bonds is 6. The first-order valence-corrected chi connectivity index (χ1v) is 8.47. The van der Waals surface area contributed by atoms with Gasteiger partial charge in [0.25, 0.3) is 5.56 Å². The van der Waals surface area contributed by atoms with Gasteiger partial charge >= 0.3 is 5.97 Å². The summed E-state index contributed by atoms with van der Waals surface area (Å²) in [6.07, 6.45) is 0.731. The maximum atomic E-state index is 12.8. The molecule has 6 nitrogen and oxygen atoms in total. The average Bonchev–Trinajstić information content (AvgIpc) is 2.66. The van der Waals surface area contributed by atoms with E-state index in [2.05, 4.69) is 5.10 Å². The molecule has 0 radical (unpaired) electrons. The molecule has 0 aliphatic heterocycles. The van der Waals surface area contributed by atoms with Crippen LogP contribution >= 0.6 is 0 Å². The van der Waals surface area contributed by atoms with E-state index in [9.17, 15) is 9.59 Å². The lowest BCUT2D eigenvalue weighted by atomic mass is 10.1. The van der Waals surface area contributed by atoms with Gasteiger partial charge in [-0.25, -0.2) is 4.79 Å².